The topological polar surface area (TPSA) is 68.6 Å². The van der Waals surface area contributed by atoms with Gasteiger partial charge in [0.15, 0.2) is 5.17 Å². The van der Waals surface area contributed by atoms with Crippen molar-refractivity contribution in [3.63, 3.8) is 0 Å². The predicted molar refractivity (Wildman–Crippen MR) is 81.1 cm³/mol. The van der Waals surface area contributed by atoms with Gasteiger partial charge in [0.05, 0.1) is 0 Å². The molecule has 0 fully saturated rings. The van der Waals surface area contributed by atoms with E-state index in [1.54, 1.807) is 13.1 Å². The van der Waals surface area contributed by atoms with Crippen LogP contribution >= 0.6 is 23.4 Å². The quantitative estimate of drug-likeness (QED) is 0.525. The van der Waals surface area contributed by atoms with Crippen molar-refractivity contribution in [3.05, 3.63) is 44.8 Å². The van der Waals surface area contributed by atoms with Gasteiger partial charge in [0, 0.05) is 29.3 Å². The highest BCUT2D eigenvalue weighted by molar-refractivity contribution is 8.13. The SMILES string of the molecule is CN=C(N)SCc1cc(=O)oc2cc(C)c(Cl)cc12. The summed E-state index contributed by atoms with van der Waals surface area (Å²) >= 11 is 7.48. The molecule has 100 valence electrons. The molecule has 0 atom stereocenters. The number of rotatable bonds is 2. The molecule has 1 aromatic heterocycles. The van der Waals surface area contributed by atoms with Gasteiger partial charge in [0.1, 0.15) is 5.58 Å². The molecule has 0 radical (unpaired) electrons. The molecule has 4 nitrogen and oxygen atoms in total. The number of hydrogen-bond acceptors (Lipinski definition) is 4. The van der Waals surface area contributed by atoms with Crippen molar-refractivity contribution < 1.29 is 4.42 Å². The molecule has 0 aliphatic carbocycles. The average molecular weight is 297 g/mol. The Kier molecular flexibility index (Phi) is 4.17. The fourth-order valence-corrected chi connectivity index (χ4v) is 2.52. The van der Waals surface area contributed by atoms with Crippen LogP contribution in [0.15, 0.2) is 32.4 Å². The summed E-state index contributed by atoms with van der Waals surface area (Å²) in [6.07, 6.45) is 0. The van der Waals surface area contributed by atoms with Gasteiger partial charge in [-0.25, -0.2) is 4.79 Å². The zero-order valence-electron chi connectivity index (χ0n) is 10.6. The number of halogens is 1. The Bertz CT molecular complexity index is 710. The highest BCUT2D eigenvalue weighted by Crippen LogP contribution is 2.27. The summed E-state index contributed by atoms with van der Waals surface area (Å²) in [6.45, 7) is 1.87. The zero-order chi connectivity index (χ0) is 14.0. The van der Waals surface area contributed by atoms with Crippen LogP contribution in [0, 0.1) is 6.92 Å². The molecule has 1 aromatic carbocycles. The van der Waals surface area contributed by atoms with Crippen LogP contribution < -0.4 is 11.4 Å². The Balaban J connectivity index is 2.53. The van der Waals surface area contributed by atoms with Gasteiger partial charge >= 0.3 is 5.63 Å². The molecule has 0 aliphatic heterocycles. The highest BCUT2D eigenvalue weighted by atomic mass is 35.5. The predicted octanol–water partition coefficient (Wildman–Crippen LogP) is 2.93. The minimum Gasteiger partial charge on any atom is -0.423 e. The second-order valence-electron chi connectivity index (χ2n) is 4.04. The van der Waals surface area contributed by atoms with Crippen LogP contribution in [0.3, 0.4) is 0 Å². The molecular weight excluding hydrogens is 284 g/mol. The van der Waals surface area contributed by atoms with Crippen molar-refractivity contribution in [1.82, 2.24) is 0 Å². The summed E-state index contributed by atoms with van der Waals surface area (Å²) in [5.74, 6) is 0.546. The lowest BCUT2D eigenvalue weighted by Gasteiger charge is -2.07. The molecule has 0 bridgehead atoms. The molecule has 0 saturated carbocycles. The van der Waals surface area contributed by atoms with E-state index in [0.717, 1.165) is 16.5 Å². The number of thioether (sulfide) groups is 1. The van der Waals surface area contributed by atoms with E-state index >= 15 is 0 Å². The van der Waals surface area contributed by atoms with E-state index < -0.39 is 0 Å². The standard InChI is InChI=1S/C13H13ClN2O2S/c1-7-3-11-9(5-10(7)14)8(4-12(17)18-11)6-19-13(15)16-2/h3-5H,6H2,1-2H3,(H2,15,16). The molecular formula is C13H13ClN2O2S. The molecule has 2 aromatic rings. The summed E-state index contributed by atoms with van der Waals surface area (Å²) in [6, 6.07) is 5.04. The zero-order valence-corrected chi connectivity index (χ0v) is 12.1. The first-order chi connectivity index (χ1) is 9.01. The molecule has 19 heavy (non-hydrogen) atoms. The average Bonchev–Trinajstić information content (AvgIpc) is 2.37. The molecule has 0 amide bonds. The Hall–Kier alpha value is -1.46. The molecule has 0 aliphatic rings. The van der Waals surface area contributed by atoms with E-state index in [2.05, 4.69) is 4.99 Å². The smallest absolute Gasteiger partial charge is 0.336 e. The second kappa shape index (κ2) is 5.67. The molecule has 0 spiro atoms. The van der Waals surface area contributed by atoms with Crippen molar-refractivity contribution in [2.45, 2.75) is 12.7 Å². The number of amidine groups is 1. The number of aryl methyl sites for hydroxylation is 1. The summed E-state index contributed by atoms with van der Waals surface area (Å²) < 4.78 is 5.19. The monoisotopic (exact) mass is 296 g/mol. The summed E-state index contributed by atoms with van der Waals surface area (Å²) in [7, 11) is 1.63. The maximum Gasteiger partial charge on any atom is 0.336 e. The fourth-order valence-electron chi connectivity index (χ4n) is 1.68. The van der Waals surface area contributed by atoms with E-state index in [4.69, 9.17) is 21.8 Å². The first kappa shape index (κ1) is 14.0. The molecule has 2 rings (SSSR count). The summed E-state index contributed by atoms with van der Waals surface area (Å²) in [5.41, 5.74) is 7.51. The third-order valence-corrected chi connectivity index (χ3v) is 4.05. The summed E-state index contributed by atoms with van der Waals surface area (Å²) in [4.78, 5) is 15.4. The van der Waals surface area contributed by atoms with Gasteiger partial charge in [-0.05, 0) is 30.2 Å². The largest absolute Gasteiger partial charge is 0.423 e. The number of benzene rings is 1. The first-order valence-electron chi connectivity index (χ1n) is 5.59. The van der Waals surface area contributed by atoms with E-state index in [1.165, 1.54) is 17.8 Å². The van der Waals surface area contributed by atoms with Gasteiger partial charge in [-0.2, -0.15) is 0 Å². The van der Waals surface area contributed by atoms with Crippen molar-refractivity contribution in [1.29, 1.82) is 0 Å². The highest BCUT2D eigenvalue weighted by Gasteiger charge is 2.09. The van der Waals surface area contributed by atoms with E-state index in [1.807, 2.05) is 13.0 Å². The third-order valence-electron chi connectivity index (χ3n) is 2.71. The third kappa shape index (κ3) is 3.11. The van der Waals surface area contributed by atoms with Crippen LogP contribution in [0.1, 0.15) is 11.1 Å². The lowest BCUT2D eigenvalue weighted by Crippen LogP contribution is -2.07. The van der Waals surface area contributed by atoms with Crippen LogP contribution in [-0.4, -0.2) is 12.2 Å². The minimum atomic E-state index is -0.378. The number of nitrogens with two attached hydrogens (primary N) is 1. The number of aliphatic imine (C=N–C) groups is 1. The molecule has 1 heterocycles. The van der Waals surface area contributed by atoms with Crippen LogP contribution in [0.4, 0.5) is 0 Å². The number of fused-ring (bicyclic) bond motifs is 1. The van der Waals surface area contributed by atoms with Gasteiger partial charge in [-0.1, -0.05) is 23.4 Å². The second-order valence-corrected chi connectivity index (χ2v) is 5.44. The maximum absolute atomic E-state index is 11.5. The van der Waals surface area contributed by atoms with E-state index in [9.17, 15) is 4.79 Å². The normalized spacial score (nSPS) is 12.1. The Morgan fingerprint density at radius 2 is 2.21 bits per heavy atom. The van der Waals surface area contributed by atoms with E-state index in [-0.39, 0.29) is 5.63 Å². The molecule has 0 unspecified atom stereocenters. The van der Waals surface area contributed by atoms with Gasteiger partial charge in [-0.15, -0.1) is 0 Å². The van der Waals surface area contributed by atoms with Gasteiger partial charge in [0.2, 0.25) is 0 Å². The van der Waals surface area contributed by atoms with Crippen LogP contribution in [0.25, 0.3) is 11.0 Å². The van der Waals surface area contributed by atoms with Gasteiger partial charge < -0.3 is 10.2 Å². The maximum atomic E-state index is 11.5. The molecule has 6 heteroatoms. The molecule has 2 N–H and O–H groups in total. The van der Waals surface area contributed by atoms with Crippen LogP contribution in [-0.2, 0) is 5.75 Å². The Morgan fingerprint density at radius 1 is 1.47 bits per heavy atom. The first-order valence-corrected chi connectivity index (χ1v) is 6.95. The van der Waals surface area contributed by atoms with Crippen LogP contribution in [0.5, 0.6) is 0 Å². The molecule has 0 saturated heterocycles. The van der Waals surface area contributed by atoms with Gasteiger partial charge in [0.25, 0.3) is 0 Å². The fraction of sp³-hybridized carbons (Fsp3) is 0.231. The van der Waals surface area contributed by atoms with Crippen molar-refractivity contribution in [2.24, 2.45) is 10.7 Å². The minimum absolute atomic E-state index is 0.378. The lowest BCUT2D eigenvalue weighted by atomic mass is 10.1. The van der Waals surface area contributed by atoms with Crippen molar-refractivity contribution >= 4 is 39.5 Å². The Morgan fingerprint density at radius 3 is 2.89 bits per heavy atom. The number of nitrogens with zero attached hydrogens (tertiary/aromatic N) is 1. The number of hydrogen-bond donors (Lipinski definition) is 1. The Labute approximate surface area is 119 Å². The van der Waals surface area contributed by atoms with Crippen molar-refractivity contribution in [3.8, 4) is 0 Å². The lowest BCUT2D eigenvalue weighted by molar-refractivity contribution is 0.559. The van der Waals surface area contributed by atoms with E-state index in [0.29, 0.717) is 21.5 Å². The summed E-state index contributed by atoms with van der Waals surface area (Å²) in [5, 5.41) is 1.94. The van der Waals surface area contributed by atoms with Crippen LogP contribution in [0.2, 0.25) is 5.02 Å². The van der Waals surface area contributed by atoms with Gasteiger partial charge in [-0.3, -0.25) is 4.99 Å². The van der Waals surface area contributed by atoms with Crippen molar-refractivity contribution in [2.75, 3.05) is 7.05 Å².